The van der Waals surface area contributed by atoms with Crippen molar-refractivity contribution in [2.75, 3.05) is 6.54 Å². The van der Waals surface area contributed by atoms with Crippen molar-refractivity contribution < 1.29 is 10.0 Å². The maximum absolute atomic E-state index is 10.6. The van der Waals surface area contributed by atoms with Gasteiger partial charge in [0.25, 0.3) is 0 Å². The average Bonchev–Trinajstić information content (AvgIpc) is 2.55. The fourth-order valence-corrected chi connectivity index (χ4v) is 1.49. The number of aromatic nitrogens is 2. The quantitative estimate of drug-likeness (QED) is 0.601. The van der Waals surface area contributed by atoms with Gasteiger partial charge in [0.15, 0.2) is 0 Å². The molecule has 1 aromatic heterocycles. The second-order valence-corrected chi connectivity index (χ2v) is 5.40. The summed E-state index contributed by atoms with van der Waals surface area (Å²) in [6, 6.07) is 0. The first kappa shape index (κ1) is 14.6. The summed E-state index contributed by atoms with van der Waals surface area (Å²) in [4.78, 5) is 10.1. The maximum Gasteiger partial charge on any atom is 0.392 e. The largest absolute Gasteiger partial charge is 0.392 e. The van der Waals surface area contributed by atoms with Crippen LogP contribution in [0.25, 0.3) is 0 Å². The van der Waals surface area contributed by atoms with E-state index in [0.29, 0.717) is 12.1 Å². The van der Waals surface area contributed by atoms with Crippen LogP contribution in [0.15, 0.2) is 6.20 Å². The lowest BCUT2D eigenvalue weighted by atomic mass is 10.1. The minimum atomic E-state index is -0.636. The molecule has 0 bridgehead atoms. The zero-order valence-corrected chi connectivity index (χ0v) is 11.2. The summed E-state index contributed by atoms with van der Waals surface area (Å²) in [5, 5.41) is 27.4. The lowest BCUT2D eigenvalue weighted by molar-refractivity contribution is -0.390. The molecular formula is C11H20N4O3. The predicted octanol–water partition coefficient (Wildman–Crippen LogP) is 0.849. The highest BCUT2D eigenvalue weighted by molar-refractivity contribution is 5.27. The smallest absolute Gasteiger partial charge is 0.390 e. The van der Waals surface area contributed by atoms with Crippen molar-refractivity contribution in [3.63, 3.8) is 0 Å². The first-order valence-corrected chi connectivity index (χ1v) is 5.80. The number of β-amino-alcohol motifs (C(OH)–C–C–N with tert-alkyl or cyclic N) is 1. The van der Waals surface area contributed by atoms with Crippen LogP contribution in [-0.2, 0) is 6.54 Å². The molecule has 102 valence electrons. The van der Waals surface area contributed by atoms with Gasteiger partial charge in [0.05, 0.1) is 29.5 Å². The molecule has 1 rings (SSSR count). The summed E-state index contributed by atoms with van der Waals surface area (Å²) in [7, 11) is 0. The number of nitrogens with zero attached hydrogens (tertiary/aromatic N) is 3. The van der Waals surface area contributed by atoms with Crippen LogP contribution in [0, 0.1) is 17.0 Å². The number of nitrogens with one attached hydrogen (secondary N) is 1. The highest BCUT2D eigenvalue weighted by Crippen LogP contribution is 2.14. The monoisotopic (exact) mass is 256 g/mol. The van der Waals surface area contributed by atoms with E-state index < -0.39 is 11.0 Å². The second kappa shape index (κ2) is 5.45. The molecule has 0 amide bonds. The van der Waals surface area contributed by atoms with E-state index >= 15 is 0 Å². The van der Waals surface area contributed by atoms with Crippen LogP contribution in [-0.4, -0.2) is 38.0 Å². The lowest BCUT2D eigenvalue weighted by Crippen LogP contribution is -2.42. The second-order valence-electron chi connectivity index (χ2n) is 5.40. The fourth-order valence-electron chi connectivity index (χ4n) is 1.49. The Bertz CT molecular complexity index is 422. The van der Waals surface area contributed by atoms with Gasteiger partial charge in [-0.3, -0.25) is 0 Å². The molecule has 0 radical (unpaired) electrons. The summed E-state index contributed by atoms with van der Waals surface area (Å²) < 4.78 is 1.41. The van der Waals surface area contributed by atoms with Crippen LogP contribution in [0.4, 0.5) is 5.82 Å². The number of hydrogen-bond donors (Lipinski definition) is 2. The molecule has 0 aliphatic carbocycles. The summed E-state index contributed by atoms with van der Waals surface area (Å²) in [5.41, 5.74) is 0.420. The Hall–Kier alpha value is -1.47. The molecule has 1 unspecified atom stereocenters. The van der Waals surface area contributed by atoms with Crippen molar-refractivity contribution in [2.45, 2.75) is 45.9 Å². The van der Waals surface area contributed by atoms with Gasteiger partial charge in [-0.2, -0.15) is 4.68 Å². The van der Waals surface area contributed by atoms with Gasteiger partial charge in [-0.15, -0.1) is 0 Å². The molecule has 7 nitrogen and oxygen atoms in total. The molecule has 0 fully saturated rings. The first-order chi connectivity index (χ1) is 8.19. The number of nitro groups is 1. The van der Waals surface area contributed by atoms with Gasteiger partial charge < -0.3 is 20.5 Å². The molecule has 0 aromatic carbocycles. The van der Waals surface area contributed by atoms with Gasteiger partial charge in [-0.1, -0.05) is 0 Å². The van der Waals surface area contributed by atoms with Gasteiger partial charge >= 0.3 is 5.82 Å². The molecule has 0 aliphatic rings. The van der Waals surface area contributed by atoms with Gasteiger partial charge in [0, 0.05) is 12.1 Å². The van der Waals surface area contributed by atoms with Crippen LogP contribution in [0.5, 0.6) is 0 Å². The van der Waals surface area contributed by atoms with Crippen molar-refractivity contribution in [3.8, 4) is 0 Å². The minimum Gasteiger partial charge on any atom is -0.390 e. The molecular weight excluding hydrogens is 236 g/mol. The minimum absolute atomic E-state index is 0.0764. The van der Waals surface area contributed by atoms with E-state index in [1.807, 2.05) is 20.8 Å². The third-order valence-electron chi connectivity index (χ3n) is 2.36. The summed E-state index contributed by atoms with van der Waals surface area (Å²) in [6.07, 6.45) is 0.932. The van der Waals surface area contributed by atoms with Crippen molar-refractivity contribution in [1.82, 2.24) is 15.1 Å². The Kier molecular flexibility index (Phi) is 4.42. The SMILES string of the molecule is Cc1cn(CC(O)CNC(C)(C)C)nc1[N+](=O)[O-]. The normalized spacial score (nSPS) is 13.6. The molecule has 0 spiro atoms. The van der Waals surface area contributed by atoms with Crippen LogP contribution >= 0.6 is 0 Å². The zero-order chi connectivity index (χ0) is 13.9. The average molecular weight is 256 g/mol. The van der Waals surface area contributed by atoms with Gasteiger partial charge in [0.2, 0.25) is 0 Å². The standard InChI is InChI=1S/C11H20N4O3/c1-8-6-14(13-10(8)15(17)18)7-9(16)5-12-11(2,3)4/h6,9,12,16H,5,7H2,1-4H3. The molecule has 0 saturated carbocycles. The molecule has 7 heteroatoms. The Morgan fingerprint density at radius 2 is 2.22 bits per heavy atom. The Labute approximate surface area is 106 Å². The van der Waals surface area contributed by atoms with Gasteiger partial charge in [-0.05, 0) is 32.6 Å². The van der Waals surface area contributed by atoms with Crippen molar-refractivity contribution in [1.29, 1.82) is 0 Å². The number of aliphatic hydroxyl groups excluding tert-OH is 1. The molecule has 0 aliphatic heterocycles. The number of hydrogen-bond acceptors (Lipinski definition) is 5. The third kappa shape index (κ3) is 4.42. The van der Waals surface area contributed by atoms with Crippen molar-refractivity contribution >= 4 is 5.82 Å². The van der Waals surface area contributed by atoms with E-state index in [-0.39, 0.29) is 17.9 Å². The van der Waals surface area contributed by atoms with E-state index in [4.69, 9.17) is 0 Å². The Morgan fingerprint density at radius 3 is 2.67 bits per heavy atom. The topological polar surface area (TPSA) is 93.2 Å². The van der Waals surface area contributed by atoms with Gasteiger partial charge in [-0.25, -0.2) is 0 Å². The van der Waals surface area contributed by atoms with Crippen molar-refractivity contribution in [3.05, 3.63) is 21.9 Å². The number of rotatable bonds is 5. The summed E-state index contributed by atoms with van der Waals surface area (Å²) in [6.45, 7) is 8.28. The summed E-state index contributed by atoms with van der Waals surface area (Å²) in [5.74, 6) is -0.161. The van der Waals surface area contributed by atoms with Crippen LogP contribution in [0.1, 0.15) is 26.3 Å². The molecule has 0 saturated heterocycles. The van der Waals surface area contributed by atoms with E-state index in [1.54, 1.807) is 13.1 Å². The van der Waals surface area contributed by atoms with Crippen LogP contribution in [0.2, 0.25) is 0 Å². The third-order valence-corrected chi connectivity index (χ3v) is 2.36. The molecule has 18 heavy (non-hydrogen) atoms. The van der Waals surface area contributed by atoms with E-state index in [1.165, 1.54) is 4.68 Å². The number of aryl methyl sites for hydroxylation is 1. The molecule has 1 heterocycles. The predicted molar refractivity (Wildman–Crippen MR) is 67.4 cm³/mol. The maximum atomic E-state index is 10.6. The highest BCUT2D eigenvalue weighted by Gasteiger charge is 2.19. The Morgan fingerprint density at radius 1 is 1.61 bits per heavy atom. The first-order valence-electron chi connectivity index (χ1n) is 5.80. The van der Waals surface area contributed by atoms with E-state index in [0.717, 1.165) is 0 Å². The summed E-state index contributed by atoms with van der Waals surface area (Å²) >= 11 is 0. The van der Waals surface area contributed by atoms with E-state index in [2.05, 4.69) is 10.4 Å². The van der Waals surface area contributed by atoms with Crippen LogP contribution < -0.4 is 5.32 Å². The zero-order valence-electron chi connectivity index (χ0n) is 11.2. The van der Waals surface area contributed by atoms with E-state index in [9.17, 15) is 15.2 Å². The lowest BCUT2D eigenvalue weighted by Gasteiger charge is -2.22. The fraction of sp³-hybridized carbons (Fsp3) is 0.727. The van der Waals surface area contributed by atoms with Gasteiger partial charge in [0.1, 0.15) is 0 Å². The van der Waals surface area contributed by atoms with Crippen molar-refractivity contribution in [2.24, 2.45) is 0 Å². The Balaban J connectivity index is 2.57. The molecule has 1 atom stereocenters. The highest BCUT2D eigenvalue weighted by atomic mass is 16.6. The molecule has 2 N–H and O–H groups in total. The molecule has 1 aromatic rings. The number of aliphatic hydroxyl groups is 1. The van der Waals surface area contributed by atoms with Crippen LogP contribution in [0.3, 0.4) is 0 Å².